The fourth-order valence-corrected chi connectivity index (χ4v) is 2.84. The number of hydrogen-bond donors (Lipinski definition) is 2. The van der Waals surface area contributed by atoms with E-state index in [1.54, 1.807) is 0 Å². The van der Waals surface area contributed by atoms with E-state index in [9.17, 15) is 0 Å². The van der Waals surface area contributed by atoms with Gasteiger partial charge in [0.05, 0.1) is 6.54 Å². The topological polar surface area (TPSA) is 61.8 Å². The van der Waals surface area contributed by atoms with E-state index >= 15 is 0 Å². The van der Waals surface area contributed by atoms with Crippen molar-refractivity contribution in [3.8, 4) is 0 Å². The van der Waals surface area contributed by atoms with Crippen molar-refractivity contribution in [2.75, 3.05) is 44.3 Å². The molecule has 0 spiro atoms. The Kier molecular flexibility index (Phi) is 9.12. The Morgan fingerprint density at radius 2 is 2.04 bits per heavy atom. The van der Waals surface area contributed by atoms with Gasteiger partial charge in [0.1, 0.15) is 5.82 Å². The highest BCUT2D eigenvalue weighted by atomic mass is 16.5. The van der Waals surface area contributed by atoms with Crippen molar-refractivity contribution in [1.29, 1.82) is 0 Å². The quantitative estimate of drug-likeness (QED) is 0.387. The van der Waals surface area contributed by atoms with Crippen molar-refractivity contribution in [3.63, 3.8) is 0 Å². The average Bonchev–Trinajstić information content (AvgIpc) is 3.17. The Morgan fingerprint density at radius 1 is 1.20 bits per heavy atom. The summed E-state index contributed by atoms with van der Waals surface area (Å²) in [6, 6.07) is 4.25. The molecule has 1 saturated heterocycles. The van der Waals surface area contributed by atoms with Crippen molar-refractivity contribution in [2.24, 2.45) is 4.99 Å². The van der Waals surface area contributed by atoms with Gasteiger partial charge in [-0.25, -0.2) is 9.98 Å². The molecule has 25 heavy (non-hydrogen) atoms. The third kappa shape index (κ3) is 7.30. The lowest BCUT2D eigenvalue weighted by Gasteiger charge is -2.16. The lowest BCUT2D eigenvalue weighted by Crippen LogP contribution is -2.37. The minimum atomic E-state index is 0.640. The molecule has 1 aromatic rings. The summed E-state index contributed by atoms with van der Waals surface area (Å²) in [6.07, 6.45) is 6.65. The van der Waals surface area contributed by atoms with Crippen LogP contribution in [-0.4, -0.2) is 50.3 Å². The molecule has 6 nitrogen and oxygen atoms in total. The molecule has 0 unspecified atom stereocenters. The number of aliphatic imine (C=N–C) groups is 1. The molecule has 2 heterocycles. The summed E-state index contributed by atoms with van der Waals surface area (Å²) in [5.41, 5.74) is 1.14. The van der Waals surface area contributed by atoms with Gasteiger partial charge in [0.2, 0.25) is 0 Å². The first kappa shape index (κ1) is 19.5. The van der Waals surface area contributed by atoms with Crippen LogP contribution in [0.5, 0.6) is 0 Å². The zero-order valence-corrected chi connectivity index (χ0v) is 15.8. The summed E-state index contributed by atoms with van der Waals surface area (Å²) in [7, 11) is 0. The van der Waals surface area contributed by atoms with Crippen LogP contribution < -0.4 is 15.5 Å². The number of rotatable bonds is 10. The summed E-state index contributed by atoms with van der Waals surface area (Å²) >= 11 is 0. The third-order valence-corrected chi connectivity index (χ3v) is 4.22. The van der Waals surface area contributed by atoms with Crippen LogP contribution in [0, 0.1) is 0 Å². The second-order valence-corrected chi connectivity index (χ2v) is 6.24. The first-order valence-electron chi connectivity index (χ1n) is 9.63. The van der Waals surface area contributed by atoms with Crippen molar-refractivity contribution in [2.45, 2.75) is 46.1 Å². The van der Waals surface area contributed by atoms with E-state index in [0.717, 1.165) is 69.6 Å². The van der Waals surface area contributed by atoms with Gasteiger partial charge in [-0.2, -0.15) is 0 Å². The molecule has 2 rings (SSSR count). The van der Waals surface area contributed by atoms with Crippen LogP contribution in [0.3, 0.4) is 0 Å². The molecule has 0 aromatic carbocycles. The van der Waals surface area contributed by atoms with E-state index in [0.29, 0.717) is 6.54 Å². The van der Waals surface area contributed by atoms with Crippen LogP contribution in [-0.2, 0) is 11.3 Å². The molecule has 0 atom stereocenters. The van der Waals surface area contributed by atoms with Gasteiger partial charge in [-0.3, -0.25) is 0 Å². The fourth-order valence-electron chi connectivity index (χ4n) is 2.84. The second kappa shape index (κ2) is 11.7. The van der Waals surface area contributed by atoms with Gasteiger partial charge in [-0.15, -0.1) is 0 Å². The minimum Gasteiger partial charge on any atom is -0.382 e. The molecule has 2 N–H and O–H groups in total. The number of ether oxygens (including phenoxy) is 1. The minimum absolute atomic E-state index is 0.640. The molecule has 1 aromatic heterocycles. The molecule has 0 bridgehead atoms. The maximum Gasteiger partial charge on any atom is 0.191 e. The van der Waals surface area contributed by atoms with Crippen molar-refractivity contribution < 1.29 is 4.74 Å². The van der Waals surface area contributed by atoms with Gasteiger partial charge >= 0.3 is 0 Å². The van der Waals surface area contributed by atoms with Gasteiger partial charge in [0.15, 0.2) is 5.96 Å². The Labute approximate surface area is 152 Å². The standard InChI is InChI=1S/C19H33N5O/c1-3-20-19(21-11-5-8-14-25-4-2)23-16-17-9-10-18(22-15-17)24-12-6-7-13-24/h9-10,15H,3-8,11-14,16H2,1-2H3,(H2,20,21,23). The number of anilines is 1. The van der Waals surface area contributed by atoms with Crippen LogP contribution in [0.25, 0.3) is 0 Å². The molecule has 6 heteroatoms. The van der Waals surface area contributed by atoms with Crippen molar-refractivity contribution in [1.82, 2.24) is 15.6 Å². The first-order valence-corrected chi connectivity index (χ1v) is 9.63. The van der Waals surface area contributed by atoms with E-state index in [4.69, 9.17) is 4.74 Å². The Balaban J connectivity index is 1.77. The van der Waals surface area contributed by atoms with E-state index < -0.39 is 0 Å². The molecule has 1 aliphatic heterocycles. The summed E-state index contributed by atoms with van der Waals surface area (Å²) in [4.78, 5) is 11.6. The Morgan fingerprint density at radius 3 is 2.72 bits per heavy atom. The first-order chi connectivity index (χ1) is 12.3. The van der Waals surface area contributed by atoms with Crippen LogP contribution >= 0.6 is 0 Å². The molecule has 0 saturated carbocycles. The maximum atomic E-state index is 5.36. The molecule has 0 aliphatic carbocycles. The summed E-state index contributed by atoms with van der Waals surface area (Å²) in [5.74, 6) is 1.95. The molecule has 0 amide bonds. The lowest BCUT2D eigenvalue weighted by molar-refractivity contribution is 0.143. The van der Waals surface area contributed by atoms with E-state index in [1.165, 1.54) is 12.8 Å². The number of pyridine rings is 1. The normalized spacial score (nSPS) is 14.8. The zero-order chi connectivity index (χ0) is 17.7. The zero-order valence-electron chi connectivity index (χ0n) is 15.8. The van der Waals surface area contributed by atoms with Crippen molar-refractivity contribution >= 4 is 11.8 Å². The molecule has 0 radical (unpaired) electrons. The van der Waals surface area contributed by atoms with E-state index in [1.807, 2.05) is 13.1 Å². The van der Waals surface area contributed by atoms with E-state index in [2.05, 4.69) is 44.6 Å². The molecule has 1 fully saturated rings. The number of aromatic nitrogens is 1. The number of nitrogens with zero attached hydrogens (tertiary/aromatic N) is 3. The van der Waals surface area contributed by atoms with Crippen molar-refractivity contribution in [3.05, 3.63) is 23.9 Å². The predicted molar refractivity (Wildman–Crippen MR) is 104 cm³/mol. The summed E-state index contributed by atoms with van der Waals surface area (Å²) in [5, 5.41) is 6.67. The summed E-state index contributed by atoms with van der Waals surface area (Å²) in [6.45, 7) is 10.4. The highest BCUT2D eigenvalue weighted by Crippen LogP contribution is 2.17. The van der Waals surface area contributed by atoms with Crippen LogP contribution in [0.15, 0.2) is 23.3 Å². The highest BCUT2D eigenvalue weighted by Gasteiger charge is 2.12. The Hall–Kier alpha value is -1.82. The third-order valence-electron chi connectivity index (χ3n) is 4.22. The molecular weight excluding hydrogens is 314 g/mol. The maximum absolute atomic E-state index is 5.36. The Bertz CT molecular complexity index is 497. The largest absolute Gasteiger partial charge is 0.382 e. The summed E-state index contributed by atoms with van der Waals surface area (Å²) < 4.78 is 5.36. The predicted octanol–water partition coefficient (Wildman–Crippen LogP) is 2.55. The van der Waals surface area contributed by atoms with Crippen LogP contribution in [0.4, 0.5) is 5.82 Å². The van der Waals surface area contributed by atoms with Gasteiger partial charge in [0.25, 0.3) is 0 Å². The van der Waals surface area contributed by atoms with Gasteiger partial charge < -0.3 is 20.3 Å². The van der Waals surface area contributed by atoms with Gasteiger partial charge in [-0.1, -0.05) is 6.07 Å². The number of unbranched alkanes of at least 4 members (excludes halogenated alkanes) is 1. The lowest BCUT2D eigenvalue weighted by atomic mass is 10.3. The average molecular weight is 348 g/mol. The second-order valence-electron chi connectivity index (χ2n) is 6.24. The monoisotopic (exact) mass is 347 g/mol. The van der Waals surface area contributed by atoms with E-state index in [-0.39, 0.29) is 0 Å². The van der Waals surface area contributed by atoms with Crippen LogP contribution in [0.1, 0.15) is 45.1 Å². The number of nitrogens with one attached hydrogen (secondary N) is 2. The SMILES string of the molecule is CCNC(=NCc1ccc(N2CCCC2)nc1)NCCCCOCC. The molecule has 140 valence electrons. The molecule has 1 aliphatic rings. The smallest absolute Gasteiger partial charge is 0.191 e. The molecular formula is C19H33N5O. The van der Waals surface area contributed by atoms with Gasteiger partial charge in [-0.05, 0) is 51.2 Å². The van der Waals surface area contributed by atoms with Crippen LogP contribution in [0.2, 0.25) is 0 Å². The van der Waals surface area contributed by atoms with Gasteiger partial charge in [0, 0.05) is 45.6 Å². The highest BCUT2D eigenvalue weighted by molar-refractivity contribution is 5.79. The fraction of sp³-hybridized carbons (Fsp3) is 0.684. The number of guanidine groups is 1. The number of hydrogen-bond acceptors (Lipinski definition) is 4.